The van der Waals surface area contributed by atoms with Crippen LogP contribution in [0.5, 0.6) is 0 Å². The van der Waals surface area contributed by atoms with Crippen molar-refractivity contribution in [2.24, 2.45) is 0 Å². The number of halogens is 3. The van der Waals surface area contributed by atoms with Gasteiger partial charge in [-0.25, -0.2) is 0 Å². The van der Waals surface area contributed by atoms with Crippen molar-refractivity contribution >= 4 is 52.5 Å². The van der Waals surface area contributed by atoms with Gasteiger partial charge in [0.05, 0.1) is 16.6 Å². The smallest absolute Gasteiger partial charge is 0.253 e. The lowest BCUT2D eigenvalue weighted by molar-refractivity contribution is 0.0937. The van der Waals surface area contributed by atoms with Crippen LogP contribution in [0.25, 0.3) is 0 Å². The maximum atomic E-state index is 12.6. The second-order valence-corrected chi connectivity index (χ2v) is 8.63. The first kappa shape index (κ1) is 22.7. The Balaban J connectivity index is 1.76. The van der Waals surface area contributed by atoms with Gasteiger partial charge in [-0.1, -0.05) is 70.8 Å². The first-order valence-corrected chi connectivity index (χ1v) is 11.2. The second-order valence-electron chi connectivity index (χ2n) is 6.44. The highest BCUT2D eigenvalue weighted by molar-refractivity contribution is 7.98. The van der Waals surface area contributed by atoms with Gasteiger partial charge in [-0.2, -0.15) is 0 Å². The molecule has 156 valence electrons. The standard InChI is InChI=1S/C21H19Cl3N4OS/c1-3-10-28-19(13(2)25-20(29)16-6-4-5-7-17(16)23)26-27-21(28)30-12-14-8-9-15(22)11-18(14)24/h3-9,11,13H,1,10,12H2,2H3,(H,25,29)/t13-/m0/s1. The number of aromatic nitrogens is 3. The Bertz CT molecular complexity index is 1070. The summed E-state index contributed by atoms with van der Waals surface area (Å²) in [7, 11) is 0. The Morgan fingerprint density at radius 3 is 2.67 bits per heavy atom. The summed E-state index contributed by atoms with van der Waals surface area (Å²) in [6, 6.07) is 11.9. The van der Waals surface area contributed by atoms with Crippen molar-refractivity contribution in [2.45, 2.75) is 30.4 Å². The van der Waals surface area contributed by atoms with Crippen LogP contribution in [0.1, 0.15) is 34.7 Å². The van der Waals surface area contributed by atoms with E-state index in [2.05, 4.69) is 22.1 Å². The first-order valence-electron chi connectivity index (χ1n) is 9.06. The fourth-order valence-electron chi connectivity index (χ4n) is 2.79. The van der Waals surface area contributed by atoms with Crippen LogP contribution >= 0.6 is 46.6 Å². The molecule has 0 radical (unpaired) electrons. The van der Waals surface area contributed by atoms with Crippen LogP contribution in [0.2, 0.25) is 15.1 Å². The Hall–Kier alpha value is -1.99. The molecule has 0 spiro atoms. The highest BCUT2D eigenvalue weighted by Crippen LogP contribution is 2.29. The lowest BCUT2D eigenvalue weighted by Gasteiger charge is -2.16. The number of hydrogen-bond acceptors (Lipinski definition) is 4. The predicted octanol–water partition coefficient (Wildman–Crippen LogP) is 6.21. The van der Waals surface area contributed by atoms with Crippen molar-refractivity contribution < 1.29 is 4.79 Å². The van der Waals surface area contributed by atoms with Crippen molar-refractivity contribution in [1.82, 2.24) is 20.1 Å². The molecule has 0 aliphatic carbocycles. The zero-order chi connectivity index (χ0) is 21.7. The van der Waals surface area contributed by atoms with E-state index in [0.29, 0.717) is 43.9 Å². The molecule has 5 nitrogen and oxygen atoms in total. The third kappa shape index (κ3) is 5.38. The molecule has 0 fully saturated rings. The van der Waals surface area contributed by atoms with E-state index in [-0.39, 0.29) is 11.9 Å². The lowest BCUT2D eigenvalue weighted by atomic mass is 10.2. The van der Waals surface area contributed by atoms with Gasteiger partial charge in [0.2, 0.25) is 0 Å². The van der Waals surface area contributed by atoms with Crippen LogP contribution in [-0.2, 0) is 12.3 Å². The molecule has 0 saturated carbocycles. The lowest BCUT2D eigenvalue weighted by Crippen LogP contribution is -2.29. The van der Waals surface area contributed by atoms with E-state index in [1.165, 1.54) is 11.8 Å². The molecule has 1 atom stereocenters. The summed E-state index contributed by atoms with van der Waals surface area (Å²) in [5, 5.41) is 13.8. The van der Waals surface area contributed by atoms with E-state index in [0.717, 1.165) is 5.56 Å². The zero-order valence-electron chi connectivity index (χ0n) is 16.1. The molecule has 1 N–H and O–H groups in total. The van der Waals surface area contributed by atoms with E-state index in [4.69, 9.17) is 34.8 Å². The summed E-state index contributed by atoms with van der Waals surface area (Å²) >= 11 is 19.9. The maximum absolute atomic E-state index is 12.6. The molecule has 1 amide bonds. The number of allylic oxidation sites excluding steroid dienone is 1. The van der Waals surface area contributed by atoms with E-state index >= 15 is 0 Å². The molecule has 30 heavy (non-hydrogen) atoms. The van der Waals surface area contributed by atoms with E-state index in [9.17, 15) is 4.79 Å². The fourth-order valence-corrected chi connectivity index (χ4v) is 4.53. The van der Waals surface area contributed by atoms with Gasteiger partial charge in [0.25, 0.3) is 5.91 Å². The monoisotopic (exact) mass is 480 g/mol. The zero-order valence-corrected chi connectivity index (χ0v) is 19.2. The number of nitrogens with one attached hydrogen (secondary N) is 1. The number of amides is 1. The van der Waals surface area contributed by atoms with E-state index in [1.807, 2.05) is 17.6 Å². The second kappa shape index (κ2) is 10.4. The maximum Gasteiger partial charge on any atom is 0.253 e. The van der Waals surface area contributed by atoms with Crippen molar-refractivity contribution in [3.8, 4) is 0 Å². The van der Waals surface area contributed by atoms with E-state index in [1.54, 1.807) is 42.5 Å². The number of rotatable bonds is 8. The third-order valence-electron chi connectivity index (χ3n) is 4.28. The molecular weight excluding hydrogens is 463 g/mol. The summed E-state index contributed by atoms with van der Waals surface area (Å²) in [6.07, 6.45) is 1.76. The van der Waals surface area contributed by atoms with Gasteiger partial charge in [-0.15, -0.1) is 16.8 Å². The number of hydrogen-bond donors (Lipinski definition) is 1. The average molecular weight is 482 g/mol. The molecule has 9 heteroatoms. The van der Waals surface area contributed by atoms with Crippen molar-refractivity contribution in [3.63, 3.8) is 0 Å². The summed E-state index contributed by atoms with van der Waals surface area (Å²) in [4.78, 5) is 12.6. The van der Waals surface area contributed by atoms with Gasteiger partial charge in [-0.3, -0.25) is 4.79 Å². The summed E-state index contributed by atoms with van der Waals surface area (Å²) in [5.41, 5.74) is 1.36. The molecular formula is C21H19Cl3N4OS. The van der Waals surface area contributed by atoms with Gasteiger partial charge in [-0.05, 0) is 36.8 Å². The Kier molecular flexibility index (Phi) is 7.83. The summed E-state index contributed by atoms with van der Waals surface area (Å²) < 4.78 is 1.92. The molecule has 0 aliphatic rings. The quantitative estimate of drug-likeness (QED) is 0.307. The molecule has 3 aromatic rings. The van der Waals surface area contributed by atoms with Crippen molar-refractivity contribution in [1.29, 1.82) is 0 Å². The molecule has 1 heterocycles. The summed E-state index contributed by atoms with van der Waals surface area (Å²) in [6.45, 7) is 6.17. The van der Waals surface area contributed by atoms with Gasteiger partial charge in [0.1, 0.15) is 0 Å². The predicted molar refractivity (Wildman–Crippen MR) is 124 cm³/mol. The number of carbonyl (C=O) groups excluding carboxylic acids is 1. The van der Waals surface area contributed by atoms with Crippen LogP contribution in [-0.4, -0.2) is 20.7 Å². The largest absolute Gasteiger partial charge is 0.342 e. The Morgan fingerprint density at radius 2 is 1.97 bits per heavy atom. The Labute approximate surface area is 194 Å². The molecule has 0 aliphatic heterocycles. The Morgan fingerprint density at radius 1 is 1.20 bits per heavy atom. The SMILES string of the molecule is C=CCn1c(SCc2ccc(Cl)cc2Cl)nnc1[C@H](C)NC(=O)c1ccccc1Cl. The third-order valence-corrected chi connectivity index (χ3v) is 6.21. The number of nitrogens with zero attached hydrogens (tertiary/aromatic N) is 3. The number of thioether (sulfide) groups is 1. The average Bonchev–Trinajstić information content (AvgIpc) is 3.10. The highest BCUT2D eigenvalue weighted by atomic mass is 35.5. The minimum Gasteiger partial charge on any atom is -0.342 e. The molecule has 0 saturated heterocycles. The van der Waals surface area contributed by atoms with Gasteiger partial charge >= 0.3 is 0 Å². The highest BCUT2D eigenvalue weighted by Gasteiger charge is 2.21. The normalized spacial score (nSPS) is 11.9. The van der Waals surface area contributed by atoms with Gasteiger partial charge in [0.15, 0.2) is 11.0 Å². The van der Waals surface area contributed by atoms with E-state index < -0.39 is 0 Å². The fraction of sp³-hybridized carbons (Fsp3) is 0.190. The van der Waals surface area contributed by atoms with Gasteiger partial charge in [0, 0.05) is 22.3 Å². The first-order chi connectivity index (χ1) is 14.4. The molecule has 0 unspecified atom stereocenters. The minimum atomic E-state index is -0.380. The number of carbonyl (C=O) groups is 1. The van der Waals surface area contributed by atoms with Crippen LogP contribution in [0, 0.1) is 0 Å². The van der Waals surface area contributed by atoms with Crippen LogP contribution in [0.4, 0.5) is 0 Å². The van der Waals surface area contributed by atoms with Crippen molar-refractivity contribution in [2.75, 3.05) is 0 Å². The molecule has 2 aromatic carbocycles. The summed E-state index contributed by atoms with van der Waals surface area (Å²) in [5.74, 6) is 0.953. The van der Waals surface area contributed by atoms with Crippen LogP contribution < -0.4 is 5.32 Å². The minimum absolute atomic E-state index is 0.275. The van der Waals surface area contributed by atoms with Crippen LogP contribution in [0.3, 0.4) is 0 Å². The molecule has 3 rings (SSSR count). The topological polar surface area (TPSA) is 59.8 Å². The van der Waals surface area contributed by atoms with Crippen molar-refractivity contribution in [3.05, 3.63) is 87.1 Å². The number of benzene rings is 2. The molecule has 1 aromatic heterocycles. The van der Waals surface area contributed by atoms with Gasteiger partial charge < -0.3 is 9.88 Å². The van der Waals surface area contributed by atoms with Crippen LogP contribution in [0.15, 0.2) is 60.3 Å². The molecule has 0 bridgehead atoms.